The van der Waals surface area contributed by atoms with Gasteiger partial charge in [-0.05, 0) is 24.1 Å². The summed E-state index contributed by atoms with van der Waals surface area (Å²) in [7, 11) is 0.232. The van der Waals surface area contributed by atoms with Crippen LogP contribution in [0.5, 0.6) is 5.75 Å². The zero-order valence-electron chi connectivity index (χ0n) is 19.9. The lowest BCUT2D eigenvalue weighted by Gasteiger charge is -2.43. The Hall–Kier alpha value is -1.02. The van der Waals surface area contributed by atoms with Gasteiger partial charge < -0.3 is 4.74 Å². The molecule has 1 aromatic carbocycles. The Balaban J connectivity index is 3.46. The van der Waals surface area contributed by atoms with Gasteiger partial charge in [-0.25, -0.2) is 0 Å². The Kier molecular flexibility index (Phi) is 11.2. The van der Waals surface area contributed by atoms with Gasteiger partial charge in [0.1, 0.15) is 5.75 Å². The number of rotatable bonds is 14. The molecule has 1 aromatic rings. The van der Waals surface area contributed by atoms with Gasteiger partial charge in [0, 0.05) is 5.41 Å². The van der Waals surface area contributed by atoms with Crippen molar-refractivity contribution in [3.63, 3.8) is 0 Å². The second-order valence-corrected chi connectivity index (χ2v) is 13.6. The van der Waals surface area contributed by atoms with E-state index in [1.54, 1.807) is 7.11 Å². The summed E-state index contributed by atoms with van der Waals surface area (Å²) < 4.78 is 5.41. The van der Waals surface area contributed by atoms with Crippen LogP contribution in [-0.4, -0.2) is 15.2 Å². The van der Waals surface area contributed by atoms with Gasteiger partial charge in [0.25, 0.3) is 0 Å². The highest BCUT2D eigenvalue weighted by atomic mass is 28.3. The molecule has 0 amide bonds. The van der Waals surface area contributed by atoms with Crippen molar-refractivity contribution in [3.05, 3.63) is 41.1 Å². The van der Waals surface area contributed by atoms with Crippen molar-refractivity contribution in [2.45, 2.75) is 110 Å². The Morgan fingerprint density at radius 2 is 1.32 bits per heavy atom. The monoisotopic (exact) mass is 402 g/mol. The predicted molar refractivity (Wildman–Crippen MR) is 129 cm³/mol. The van der Waals surface area contributed by atoms with E-state index in [4.69, 9.17) is 4.74 Å². The molecule has 1 nitrogen and oxygen atoms in total. The van der Waals surface area contributed by atoms with Gasteiger partial charge in [0.2, 0.25) is 0 Å². The lowest BCUT2D eigenvalue weighted by molar-refractivity contribution is 0.414. The summed E-state index contributed by atoms with van der Waals surface area (Å²) in [5.41, 5.74) is 1.54. The first kappa shape index (κ1) is 25.0. The maximum atomic E-state index is 5.41. The number of hydrogen-bond acceptors (Lipinski definition) is 1. The lowest BCUT2D eigenvalue weighted by Crippen LogP contribution is -2.44. The third-order valence-corrected chi connectivity index (χ3v) is 12.4. The minimum atomic E-state index is -1.52. The van der Waals surface area contributed by atoms with E-state index < -0.39 is 8.07 Å². The van der Waals surface area contributed by atoms with Crippen LogP contribution in [-0.2, 0) is 5.41 Å². The molecule has 0 atom stereocenters. The summed E-state index contributed by atoms with van der Waals surface area (Å²) in [6.45, 7) is 14.3. The molecule has 0 saturated heterocycles. The van der Waals surface area contributed by atoms with Gasteiger partial charge in [-0.2, -0.15) is 0 Å². The molecule has 0 aliphatic carbocycles. The molecule has 0 saturated carbocycles. The molecule has 28 heavy (non-hydrogen) atoms. The average Bonchev–Trinajstić information content (AvgIpc) is 2.72. The molecule has 0 radical (unpaired) electrons. The fourth-order valence-electron chi connectivity index (χ4n) is 4.83. The van der Waals surface area contributed by atoms with Crippen LogP contribution in [0.4, 0.5) is 0 Å². The van der Waals surface area contributed by atoms with Crippen molar-refractivity contribution in [2.75, 3.05) is 7.11 Å². The topological polar surface area (TPSA) is 9.23 Å². The first-order valence-corrected chi connectivity index (χ1v) is 14.4. The van der Waals surface area contributed by atoms with Crippen molar-refractivity contribution in [1.29, 1.82) is 0 Å². The van der Waals surface area contributed by atoms with E-state index in [1.807, 2.05) is 5.20 Å². The normalized spacial score (nSPS) is 13.0. The molecule has 0 bridgehead atoms. The molecule has 0 N–H and O–H groups in total. The molecule has 2 heteroatoms. The summed E-state index contributed by atoms with van der Waals surface area (Å²) in [4.78, 5) is 0. The van der Waals surface area contributed by atoms with E-state index in [-0.39, 0.29) is 5.41 Å². The van der Waals surface area contributed by atoms with Crippen LogP contribution in [0.25, 0.3) is 0 Å². The summed E-state index contributed by atoms with van der Waals surface area (Å²) in [5.74, 6) is 0.951. The Labute approximate surface area is 177 Å². The number of hydrogen-bond donors (Lipinski definition) is 0. The molecule has 0 aromatic heterocycles. The molecular weight excluding hydrogens is 356 g/mol. The zero-order valence-corrected chi connectivity index (χ0v) is 20.9. The van der Waals surface area contributed by atoms with Gasteiger partial charge >= 0.3 is 0 Å². The van der Waals surface area contributed by atoms with Crippen molar-refractivity contribution in [1.82, 2.24) is 0 Å². The summed E-state index contributed by atoms with van der Waals surface area (Å²) in [6.07, 6.45) is 11.9. The van der Waals surface area contributed by atoms with Crippen LogP contribution in [0.3, 0.4) is 0 Å². The van der Waals surface area contributed by atoms with Gasteiger partial charge in [0.05, 0.1) is 15.2 Å². The minimum Gasteiger partial charge on any atom is -0.497 e. The Morgan fingerprint density at radius 3 is 1.68 bits per heavy atom. The second kappa shape index (κ2) is 12.5. The van der Waals surface area contributed by atoms with Gasteiger partial charge in [0.15, 0.2) is 0 Å². The highest BCUT2D eigenvalue weighted by Crippen LogP contribution is 2.45. The number of ether oxygens (including phenoxy) is 1. The van der Waals surface area contributed by atoms with Crippen LogP contribution in [0.2, 0.25) is 18.1 Å². The molecular formula is C26H46OSi. The van der Waals surface area contributed by atoms with Crippen LogP contribution >= 0.6 is 0 Å². The molecule has 0 fully saturated rings. The van der Waals surface area contributed by atoms with Crippen LogP contribution in [0.15, 0.2) is 35.5 Å². The number of benzene rings is 1. The van der Waals surface area contributed by atoms with E-state index in [9.17, 15) is 0 Å². The second-order valence-electron chi connectivity index (χ2n) is 8.97. The van der Waals surface area contributed by atoms with Crippen LogP contribution < -0.4 is 4.74 Å². The van der Waals surface area contributed by atoms with Crippen molar-refractivity contribution in [2.24, 2.45) is 0 Å². The van der Waals surface area contributed by atoms with E-state index in [0.717, 1.165) is 12.2 Å². The lowest BCUT2D eigenvalue weighted by atomic mass is 9.83. The first-order chi connectivity index (χ1) is 13.4. The van der Waals surface area contributed by atoms with E-state index in [1.165, 1.54) is 62.2 Å². The smallest absolute Gasteiger partial charge is 0.118 e. The van der Waals surface area contributed by atoms with E-state index in [0.29, 0.717) is 0 Å². The molecule has 0 spiro atoms. The quantitative estimate of drug-likeness (QED) is 0.283. The highest BCUT2D eigenvalue weighted by molar-refractivity contribution is 6.87. The fourth-order valence-corrected chi connectivity index (χ4v) is 11.6. The van der Waals surface area contributed by atoms with Crippen molar-refractivity contribution < 1.29 is 4.74 Å². The van der Waals surface area contributed by atoms with Gasteiger partial charge in [-0.3, -0.25) is 0 Å². The standard InChI is InChI=1S/C26H46OSi/c1-8-12-20-28(21-13-9-2,22-14-10-3)25(15-11-4)26(5,6)23-16-18-24(27-7)19-17-23/h15-19H,8-14,20-22H2,1-7H3. The van der Waals surface area contributed by atoms with Crippen molar-refractivity contribution in [3.8, 4) is 5.75 Å². The maximum absolute atomic E-state index is 5.41. The maximum Gasteiger partial charge on any atom is 0.118 e. The average molecular weight is 403 g/mol. The predicted octanol–water partition coefficient (Wildman–Crippen LogP) is 8.70. The molecule has 0 heterocycles. The largest absolute Gasteiger partial charge is 0.497 e. The minimum absolute atomic E-state index is 0.101. The summed E-state index contributed by atoms with van der Waals surface area (Å²) in [5, 5.41) is 1.82. The number of allylic oxidation sites excluding steroid dienone is 2. The molecule has 0 aliphatic heterocycles. The van der Waals surface area contributed by atoms with Crippen molar-refractivity contribution >= 4 is 8.07 Å². The zero-order chi connectivity index (χ0) is 21.0. The third-order valence-electron chi connectivity index (χ3n) is 6.49. The fraction of sp³-hybridized carbons (Fsp3) is 0.692. The summed E-state index contributed by atoms with van der Waals surface area (Å²) >= 11 is 0. The molecule has 1 rings (SSSR count). The van der Waals surface area contributed by atoms with E-state index in [2.05, 4.69) is 71.9 Å². The highest BCUT2D eigenvalue weighted by Gasteiger charge is 2.42. The summed E-state index contributed by atoms with van der Waals surface area (Å²) in [6, 6.07) is 13.3. The van der Waals surface area contributed by atoms with Gasteiger partial charge in [-0.1, -0.05) is 122 Å². The molecule has 160 valence electrons. The SMILES string of the molecule is CCC=C(C(C)(C)c1ccc(OC)cc1)[Si](CCCC)(CCCC)CCCC. The Morgan fingerprint density at radius 1 is 0.857 bits per heavy atom. The van der Waals surface area contributed by atoms with E-state index >= 15 is 0 Å². The van der Waals surface area contributed by atoms with Crippen LogP contribution in [0.1, 0.15) is 92.1 Å². The number of methoxy groups -OCH3 is 1. The first-order valence-electron chi connectivity index (χ1n) is 11.8. The van der Waals surface area contributed by atoms with Gasteiger partial charge in [-0.15, -0.1) is 0 Å². The number of unbranched alkanes of at least 4 members (excludes halogenated alkanes) is 3. The van der Waals surface area contributed by atoms with Crippen LogP contribution in [0, 0.1) is 0 Å². The Bertz CT molecular complexity index is 549. The molecule has 0 aliphatic rings. The third kappa shape index (κ3) is 6.51. The molecule has 0 unspecified atom stereocenters.